The second-order valence-electron chi connectivity index (χ2n) is 4.52. The molecule has 0 radical (unpaired) electrons. The number of carbonyl (C=O) groups is 1. The van der Waals surface area contributed by atoms with Crippen LogP contribution >= 0.6 is 11.8 Å². The third-order valence-electron chi connectivity index (χ3n) is 3.06. The van der Waals surface area contributed by atoms with Crippen molar-refractivity contribution in [2.75, 3.05) is 26.1 Å². The Morgan fingerprint density at radius 1 is 1.55 bits per heavy atom. The topological polar surface area (TPSA) is 86.5 Å². The van der Waals surface area contributed by atoms with Gasteiger partial charge in [-0.05, 0) is 19.3 Å². The highest BCUT2D eigenvalue weighted by atomic mass is 32.2. The Bertz CT molecular complexity index is 446. The molecule has 8 heteroatoms. The predicted molar refractivity (Wildman–Crippen MR) is 72.8 cm³/mol. The highest BCUT2D eigenvalue weighted by Crippen LogP contribution is 2.29. The number of nitrogens with zero attached hydrogens (tertiary/aromatic N) is 3. The second-order valence-corrected chi connectivity index (χ2v) is 5.47. The van der Waals surface area contributed by atoms with Gasteiger partial charge in [0.25, 0.3) is 0 Å². The first kappa shape index (κ1) is 15.3. The molecule has 0 aliphatic carbocycles. The fourth-order valence-corrected chi connectivity index (χ4v) is 2.80. The van der Waals surface area contributed by atoms with E-state index in [2.05, 4.69) is 10.2 Å². The summed E-state index contributed by atoms with van der Waals surface area (Å²) in [4.78, 5) is 10.7. The number of rotatable bonds is 7. The van der Waals surface area contributed by atoms with Crippen molar-refractivity contribution in [3.8, 4) is 0 Å². The van der Waals surface area contributed by atoms with Crippen molar-refractivity contribution in [3.05, 3.63) is 5.82 Å². The smallest absolute Gasteiger partial charge is 0.313 e. The van der Waals surface area contributed by atoms with Gasteiger partial charge in [0, 0.05) is 20.3 Å². The number of thioether (sulfide) groups is 1. The van der Waals surface area contributed by atoms with Gasteiger partial charge in [0.15, 0.2) is 11.0 Å². The molecule has 1 aromatic heterocycles. The third-order valence-corrected chi connectivity index (χ3v) is 4.01. The summed E-state index contributed by atoms with van der Waals surface area (Å²) in [6.07, 6.45) is 3.06. The summed E-state index contributed by atoms with van der Waals surface area (Å²) in [5, 5.41) is 17.7. The Balaban J connectivity index is 2.14. The molecule has 1 aromatic rings. The van der Waals surface area contributed by atoms with Crippen LogP contribution in [0.5, 0.6) is 0 Å². The summed E-state index contributed by atoms with van der Waals surface area (Å²) in [7, 11) is 1.63. The minimum Gasteiger partial charge on any atom is -0.481 e. The van der Waals surface area contributed by atoms with E-state index in [-0.39, 0.29) is 11.9 Å². The maximum absolute atomic E-state index is 10.7. The van der Waals surface area contributed by atoms with Crippen molar-refractivity contribution in [2.45, 2.75) is 37.1 Å². The molecule has 2 rings (SSSR count). The molecule has 112 valence electrons. The molecule has 20 heavy (non-hydrogen) atoms. The number of aromatic nitrogens is 3. The van der Waals surface area contributed by atoms with E-state index in [1.165, 1.54) is 11.8 Å². The summed E-state index contributed by atoms with van der Waals surface area (Å²) < 4.78 is 12.7. The van der Waals surface area contributed by atoms with Gasteiger partial charge in [-0.2, -0.15) is 0 Å². The van der Waals surface area contributed by atoms with Crippen LogP contribution in [0.3, 0.4) is 0 Å². The van der Waals surface area contributed by atoms with Gasteiger partial charge < -0.3 is 19.1 Å². The van der Waals surface area contributed by atoms with Crippen molar-refractivity contribution in [3.63, 3.8) is 0 Å². The summed E-state index contributed by atoms with van der Waals surface area (Å²) in [5.74, 6) is -0.127. The van der Waals surface area contributed by atoms with Crippen LogP contribution in [0.1, 0.15) is 31.2 Å². The van der Waals surface area contributed by atoms with Crippen molar-refractivity contribution < 1.29 is 19.4 Å². The fourth-order valence-electron chi connectivity index (χ4n) is 2.11. The van der Waals surface area contributed by atoms with Gasteiger partial charge in [0.2, 0.25) is 0 Å². The van der Waals surface area contributed by atoms with Crippen LogP contribution in [0.15, 0.2) is 5.16 Å². The highest BCUT2D eigenvalue weighted by Gasteiger charge is 2.24. The van der Waals surface area contributed by atoms with E-state index >= 15 is 0 Å². The van der Waals surface area contributed by atoms with Gasteiger partial charge in [0.05, 0.1) is 12.4 Å². The van der Waals surface area contributed by atoms with Crippen LogP contribution in [-0.2, 0) is 20.8 Å². The molecule has 1 saturated heterocycles. The van der Waals surface area contributed by atoms with E-state index in [0.717, 1.165) is 31.7 Å². The molecule has 2 heterocycles. The molecule has 1 aliphatic rings. The molecule has 1 atom stereocenters. The van der Waals surface area contributed by atoms with Crippen LogP contribution in [0.25, 0.3) is 0 Å². The highest BCUT2D eigenvalue weighted by molar-refractivity contribution is 7.99. The van der Waals surface area contributed by atoms with E-state index in [0.29, 0.717) is 18.3 Å². The van der Waals surface area contributed by atoms with Crippen molar-refractivity contribution >= 4 is 17.7 Å². The van der Waals surface area contributed by atoms with Crippen LogP contribution in [0.4, 0.5) is 0 Å². The SMILES string of the molecule is COCCn1c(SCC(=O)O)nnc1C1CCCCO1. The van der Waals surface area contributed by atoms with Crippen LogP contribution in [-0.4, -0.2) is 51.9 Å². The molecule has 0 spiro atoms. The van der Waals surface area contributed by atoms with Crippen molar-refractivity contribution in [1.29, 1.82) is 0 Å². The van der Waals surface area contributed by atoms with Gasteiger partial charge in [0.1, 0.15) is 6.10 Å². The summed E-state index contributed by atoms with van der Waals surface area (Å²) >= 11 is 1.17. The molecule has 1 N–H and O–H groups in total. The molecule has 0 aromatic carbocycles. The molecular weight excluding hydrogens is 282 g/mol. The van der Waals surface area contributed by atoms with Gasteiger partial charge in [-0.3, -0.25) is 4.79 Å². The number of hydrogen-bond acceptors (Lipinski definition) is 6. The standard InChI is InChI=1S/C12H19N3O4S/c1-18-7-5-15-11(9-4-2-3-6-19-9)13-14-12(15)20-8-10(16)17/h9H,2-8H2,1H3,(H,16,17). The Morgan fingerprint density at radius 3 is 3.05 bits per heavy atom. The summed E-state index contributed by atoms with van der Waals surface area (Å²) in [5.41, 5.74) is 0. The van der Waals surface area contributed by atoms with Crippen molar-refractivity contribution in [1.82, 2.24) is 14.8 Å². The van der Waals surface area contributed by atoms with E-state index in [4.69, 9.17) is 14.6 Å². The lowest BCUT2D eigenvalue weighted by molar-refractivity contribution is -0.133. The van der Waals surface area contributed by atoms with Crippen LogP contribution in [0, 0.1) is 0 Å². The Kier molecular flexibility index (Phi) is 5.81. The lowest BCUT2D eigenvalue weighted by Gasteiger charge is -2.22. The molecular formula is C12H19N3O4S. The minimum atomic E-state index is -0.869. The molecule has 1 fully saturated rings. The van der Waals surface area contributed by atoms with Crippen LogP contribution < -0.4 is 0 Å². The fraction of sp³-hybridized carbons (Fsp3) is 0.750. The zero-order chi connectivity index (χ0) is 14.4. The number of carboxylic acids is 1. The van der Waals surface area contributed by atoms with E-state index in [9.17, 15) is 4.79 Å². The number of aliphatic carboxylic acids is 1. The zero-order valence-corrected chi connectivity index (χ0v) is 12.3. The normalized spacial score (nSPS) is 19.1. The van der Waals surface area contributed by atoms with E-state index in [1.54, 1.807) is 7.11 Å². The van der Waals surface area contributed by atoms with Crippen LogP contribution in [0.2, 0.25) is 0 Å². The Hall–Kier alpha value is -1.12. The molecule has 0 bridgehead atoms. The molecule has 0 amide bonds. The Labute approximate surface area is 121 Å². The average Bonchev–Trinajstić information content (AvgIpc) is 2.86. The maximum Gasteiger partial charge on any atom is 0.313 e. The quantitative estimate of drug-likeness (QED) is 0.760. The van der Waals surface area contributed by atoms with Gasteiger partial charge >= 0.3 is 5.97 Å². The maximum atomic E-state index is 10.7. The Morgan fingerprint density at radius 2 is 2.40 bits per heavy atom. The first-order valence-corrected chi connectivity index (χ1v) is 7.59. The predicted octanol–water partition coefficient (Wildman–Crippen LogP) is 1.34. The van der Waals surface area contributed by atoms with E-state index in [1.807, 2.05) is 4.57 Å². The largest absolute Gasteiger partial charge is 0.481 e. The molecule has 1 aliphatic heterocycles. The van der Waals surface area contributed by atoms with E-state index < -0.39 is 5.97 Å². The molecule has 7 nitrogen and oxygen atoms in total. The third kappa shape index (κ3) is 3.94. The first-order valence-electron chi connectivity index (χ1n) is 6.60. The number of ether oxygens (including phenoxy) is 2. The lowest BCUT2D eigenvalue weighted by Crippen LogP contribution is -2.18. The number of carboxylic acid groups (broad SMARTS) is 1. The monoisotopic (exact) mass is 301 g/mol. The van der Waals surface area contributed by atoms with Gasteiger partial charge in [-0.1, -0.05) is 11.8 Å². The minimum absolute atomic E-state index is 0.0311. The number of methoxy groups -OCH3 is 1. The van der Waals surface area contributed by atoms with Gasteiger partial charge in [-0.25, -0.2) is 0 Å². The molecule has 0 saturated carbocycles. The summed E-state index contributed by atoms with van der Waals surface area (Å²) in [6.45, 7) is 1.86. The first-order chi connectivity index (χ1) is 9.72. The zero-order valence-electron chi connectivity index (χ0n) is 11.4. The molecule has 1 unspecified atom stereocenters. The second kappa shape index (κ2) is 7.61. The van der Waals surface area contributed by atoms with Crippen molar-refractivity contribution in [2.24, 2.45) is 0 Å². The number of hydrogen-bond donors (Lipinski definition) is 1. The lowest BCUT2D eigenvalue weighted by atomic mass is 10.1. The average molecular weight is 301 g/mol. The summed E-state index contributed by atoms with van der Waals surface area (Å²) in [6, 6.07) is 0. The van der Waals surface area contributed by atoms with Gasteiger partial charge in [-0.15, -0.1) is 10.2 Å².